The van der Waals surface area contributed by atoms with Crippen LogP contribution >= 0.6 is 11.6 Å². The van der Waals surface area contributed by atoms with E-state index in [9.17, 15) is 9.90 Å². The van der Waals surface area contributed by atoms with E-state index in [1.54, 1.807) is 35.1 Å². The van der Waals surface area contributed by atoms with E-state index in [1.807, 2.05) is 19.2 Å². The number of nitrogens with one attached hydrogen (secondary N) is 2. The van der Waals surface area contributed by atoms with Crippen LogP contribution in [0.4, 0.5) is 4.79 Å². The van der Waals surface area contributed by atoms with Crippen LogP contribution in [0.2, 0.25) is 5.02 Å². The lowest BCUT2D eigenvalue weighted by molar-refractivity contribution is 0.172. The van der Waals surface area contributed by atoms with E-state index < -0.39 is 6.10 Å². The standard InChI is InChI=1S/C15H19ClN4O2/c1-11(10-20-7-3-6-18-20)19-15(22)17-9-14(21)12-4-2-5-13(16)8-12/h2-8,11,14,21H,9-10H2,1H3,(H2,17,19,22)/t11-,14-/m0/s1. The summed E-state index contributed by atoms with van der Waals surface area (Å²) in [5.41, 5.74) is 0.664. The molecule has 0 aliphatic rings. The smallest absolute Gasteiger partial charge is 0.315 e. The van der Waals surface area contributed by atoms with Gasteiger partial charge in [0.15, 0.2) is 0 Å². The molecule has 0 radical (unpaired) electrons. The average Bonchev–Trinajstić information content (AvgIpc) is 2.97. The lowest BCUT2D eigenvalue weighted by Gasteiger charge is -2.16. The zero-order chi connectivity index (χ0) is 15.9. The van der Waals surface area contributed by atoms with Crippen molar-refractivity contribution >= 4 is 17.6 Å². The monoisotopic (exact) mass is 322 g/mol. The molecule has 0 spiro atoms. The molecule has 2 atom stereocenters. The highest BCUT2D eigenvalue weighted by Gasteiger charge is 2.12. The van der Waals surface area contributed by atoms with Gasteiger partial charge in [0.1, 0.15) is 0 Å². The number of benzene rings is 1. The Morgan fingerprint density at radius 3 is 2.95 bits per heavy atom. The number of aliphatic hydroxyl groups is 1. The third-order valence-electron chi connectivity index (χ3n) is 3.09. The van der Waals surface area contributed by atoms with E-state index in [-0.39, 0.29) is 18.6 Å². The van der Waals surface area contributed by atoms with Crippen molar-refractivity contribution in [2.45, 2.75) is 25.6 Å². The predicted molar refractivity (Wildman–Crippen MR) is 84.6 cm³/mol. The fourth-order valence-electron chi connectivity index (χ4n) is 2.03. The summed E-state index contributed by atoms with van der Waals surface area (Å²) in [4.78, 5) is 11.8. The number of urea groups is 1. The van der Waals surface area contributed by atoms with Gasteiger partial charge in [-0.2, -0.15) is 5.10 Å². The highest BCUT2D eigenvalue weighted by molar-refractivity contribution is 6.30. The first-order chi connectivity index (χ1) is 10.5. The fraction of sp³-hybridized carbons (Fsp3) is 0.333. The molecule has 2 amide bonds. The van der Waals surface area contributed by atoms with Gasteiger partial charge in [0.2, 0.25) is 0 Å². The minimum Gasteiger partial charge on any atom is -0.387 e. The van der Waals surface area contributed by atoms with Crippen LogP contribution in [0.5, 0.6) is 0 Å². The van der Waals surface area contributed by atoms with Crippen LogP contribution in [-0.2, 0) is 6.54 Å². The van der Waals surface area contributed by atoms with Gasteiger partial charge < -0.3 is 15.7 Å². The number of aliphatic hydroxyl groups excluding tert-OH is 1. The summed E-state index contributed by atoms with van der Waals surface area (Å²) in [5.74, 6) is 0. The number of carbonyl (C=O) groups is 1. The molecule has 2 aromatic rings. The molecule has 0 saturated carbocycles. The molecule has 0 unspecified atom stereocenters. The minimum absolute atomic E-state index is 0.0804. The predicted octanol–water partition coefficient (Wildman–Crippen LogP) is 1.96. The minimum atomic E-state index is -0.800. The van der Waals surface area contributed by atoms with Gasteiger partial charge in [0.05, 0.1) is 12.6 Å². The summed E-state index contributed by atoms with van der Waals surface area (Å²) in [5, 5.41) is 20.1. The quantitative estimate of drug-likeness (QED) is 0.760. The van der Waals surface area contributed by atoms with Crippen LogP contribution in [-0.4, -0.2) is 33.5 Å². The summed E-state index contributed by atoms with van der Waals surface area (Å²) < 4.78 is 1.74. The second-order valence-electron chi connectivity index (χ2n) is 5.05. The van der Waals surface area contributed by atoms with E-state index in [1.165, 1.54) is 0 Å². The summed E-state index contributed by atoms with van der Waals surface area (Å²) in [6.07, 6.45) is 2.72. The Balaban J connectivity index is 1.75. The molecule has 2 rings (SSSR count). The summed E-state index contributed by atoms with van der Waals surface area (Å²) in [6, 6.07) is 8.34. The molecular formula is C15H19ClN4O2. The number of aromatic nitrogens is 2. The van der Waals surface area contributed by atoms with Crippen molar-refractivity contribution in [2.75, 3.05) is 6.54 Å². The Morgan fingerprint density at radius 2 is 2.27 bits per heavy atom. The SMILES string of the molecule is C[C@@H](Cn1cccn1)NC(=O)NC[C@H](O)c1cccc(Cl)c1. The molecule has 0 aliphatic carbocycles. The highest BCUT2D eigenvalue weighted by Crippen LogP contribution is 2.16. The second-order valence-corrected chi connectivity index (χ2v) is 5.49. The topological polar surface area (TPSA) is 79.2 Å². The first kappa shape index (κ1) is 16.3. The van der Waals surface area contributed by atoms with Crippen molar-refractivity contribution in [2.24, 2.45) is 0 Å². The van der Waals surface area contributed by atoms with Gasteiger partial charge in [-0.05, 0) is 30.7 Å². The largest absolute Gasteiger partial charge is 0.387 e. The number of amides is 2. The first-order valence-electron chi connectivity index (χ1n) is 7.00. The Kier molecular flexibility index (Phi) is 5.80. The molecule has 0 bridgehead atoms. The van der Waals surface area contributed by atoms with Gasteiger partial charge in [-0.1, -0.05) is 23.7 Å². The van der Waals surface area contributed by atoms with E-state index in [4.69, 9.17) is 11.6 Å². The Morgan fingerprint density at radius 1 is 1.45 bits per heavy atom. The van der Waals surface area contributed by atoms with Gasteiger partial charge >= 0.3 is 6.03 Å². The number of halogens is 1. The Labute approximate surface area is 134 Å². The molecule has 6 nitrogen and oxygen atoms in total. The van der Waals surface area contributed by atoms with Crippen molar-refractivity contribution in [3.63, 3.8) is 0 Å². The van der Waals surface area contributed by atoms with Crippen LogP contribution in [0.25, 0.3) is 0 Å². The van der Waals surface area contributed by atoms with Crippen LogP contribution in [0.3, 0.4) is 0 Å². The summed E-state index contributed by atoms with van der Waals surface area (Å²) >= 11 is 5.87. The third kappa shape index (κ3) is 5.05. The molecule has 22 heavy (non-hydrogen) atoms. The van der Waals surface area contributed by atoms with Crippen LogP contribution in [0.1, 0.15) is 18.6 Å². The molecular weight excluding hydrogens is 304 g/mol. The molecule has 1 heterocycles. The highest BCUT2D eigenvalue weighted by atomic mass is 35.5. The Bertz CT molecular complexity index is 603. The maximum absolute atomic E-state index is 11.8. The van der Waals surface area contributed by atoms with Gasteiger partial charge in [-0.3, -0.25) is 4.68 Å². The third-order valence-corrected chi connectivity index (χ3v) is 3.32. The number of hydrogen-bond acceptors (Lipinski definition) is 3. The van der Waals surface area contributed by atoms with E-state index >= 15 is 0 Å². The lowest BCUT2D eigenvalue weighted by Crippen LogP contribution is -2.43. The molecule has 0 saturated heterocycles. The van der Waals surface area contributed by atoms with E-state index in [0.29, 0.717) is 17.1 Å². The van der Waals surface area contributed by atoms with Gasteiger partial charge in [-0.15, -0.1) is 0 Å². The molecule has 1 aromatic heterocycles. The fourth-order valence-corrected chi connectivity index (χ4v) is 2.23. The number of carbonyl (C=O) groups excluding carboxylic acids is 1. The van der Waals surface area contributed by atoms with Gasteiger partial charge in [0, 0.05) is 30.0 Å². The summed E-state index contributed by atoms with van der Waals surface area (Å²) in [7, 11) is 0. The summed E-state index contributed by atoms with van der Waals surface area (Å²) in [6.45, 7) is 2.58. The first-order valence-corrected chi connectivity index (χ1v) is 7.37. The normalized spacial score (nSPS) is 13.4. The molecule has 1 aromatic carbocycles. The van der Waals surface area contributed by atoms with E-state index in [0.717, 1.165) is 0 Å². The maximum atomic E-state index is 11.8. The molecule has 3 N–H and O–H groups in total. The number of nitrogens with zero attached hydrogens (tertiary/aromatic N) is 2. The van der Waals surface area contributed by atoms with Gasteiger partial charge in [-0.25, -0.2) is 4.79 Å². The van der Waals surface area contributed by atoms with Crippen LogP contribution < -0.4 is 10.6 Å². The van der Waals surface area contributed by atoms with Crippen molar-refractivity contribution in [1.29, 1.82) is 0 Å². The van der Waals surface area contributed by atoms with Crippen molar-refractivity contribution in [3.8, 4) is 0 Å². The second kappa shape index (κ2) is 7.82. The number of rotatable bonds is 6. The lowest BCUT2D eigenvalue weighted by atomic mass is 10.1. The zero-order valence-corrected chi connectivity index (χ0v) is 13.0. The van der Waals surface area contributed by atoms with Crippen molar-refractivity contribution < 1.29 is 9.90 Å². The molecule has 0 aliphatic heterocycles. The van der Waals surface area contributed by atoms with Crippen LogP contribution in [0, 0.1) is 0 Å². The van der Waals surface area contributed by atoms with Crippen molar-refractivity contribution in [1.82, 2.24) is 20.4 Å². The number of hydrogen-bond donors (Lipinski definition) is 3. The maximum Gasteiger partial charge on any atom is 0.315 e. The zero-order valence-electron chi connectivity index (χ0n) is 12.2. The van der Waals surface area contributed by atoms with Crippen LogP contribution in [0.15, 0.2) is 42.7 Å². The Hall–Kier alpha value is -2.05. The van der Waals surface area contributed by atoms with E-state index in [2.05, 4.69) is 15.7 Å². The van der Waals surface area contributed by atoms with Gasteiger partial charge in [0.25, 0.3) is 0 Å². The molecule has 7 heteroatoms. The average molecular weight is 323 g/mol. The van der Waals surface area contributed by atoms with Crippen molar-refractivity contribution in [3.05, 3.63) is 53.3 Å². The molecule has 0 fully saturated rings. The molecule has 118 valence electrons.